The van der Waals surface area contributed by atoms with Crippen molar-refractivity contribution in [2.24, 2.45) is 5.92 Å². The molecule has 0 aromatic heterocycles. The van der Waals surface area contributed by atoms with Crippen molar-refractivity contribution in [2.75, 3.05) is 46.4 Å². The molecule has 2 N–H and O–H groups in total. The maximum absolute atomic E-state index is 12.3. The first kappa shape index (κ1) is 27.8. The fourth-order valence-corrected chi connectivity index (χ4v) is 4.86. The maximum atomic E-state index is 12.3. The normalized spacial score (nSPS) is 20.5. The van der Waals surface area contributed by atoms with E-state index < -0.39 is 5.60 Å². The van der Waals surface area contributed by atoms with Gasteiger partial charge in [-0.2, -0.15) is 0 Å². The Balaban J connectivity index is 1.29. The minimum absolute atomic E-state index is 0.0707. The van der Waals surface area contributed by atoms with Crippen LogP contribution in [0.15, 0.2) is 24.3 Å². The van der Waals surface area contributed by atoms with Crippen molar-refractivity contribution in [1.29, 1.82) is 0 Å². The highest BCUT2D eigenvalue weighted by molar-refractivity contribution is 5.68. The van der Waals surface area contributed by atoms with Crippen molar-refractivity contribution in [1.82, 2.24) is 20.4 Å². The van der Waals surface area contributed by atoms with Crippen molar-refractivity contribution in [3.8, 4) is 5.75 Å². The Hall–Kier alpha value is -1.83. The minimum atomic E-state index is -0.440. The summed E-state index contributed by atoms with van der Waals surface area (Å²) in [4.78, 5) is 16.7. The topological polar surface area (TPSA) is 66.1 Å². The quantitative estimate of drug-likeness (QED) is 0.541. The van der Waals surface area contributed by atoms with Crippen molar-refractivity contribution >= 4 is 6.09 Å². The molecule has 7 nitrogen and oxygen atoms in total. The molecule has 0 saturated carbocycles. The zero-order valence-corrected chi connectivity index (χ0v) is 22.9. The Bertz CT molecular complexity index is 776. The first-order valence-electron chi connectivity index (χ1n) is 13.4. The minimum Gasteiger partial charge on any atom is -0.497 e. The summed E-state index contributed by atoms with van der Waals surface area (Å²) in [6, 6.07) is 8.86. The van der Waals surface area contributed by atoms with E-state index in [1.54, 1.807) is 7.11 Å². The largest absolute Gasteiger partial charge is 0.497 e. The lowest BCUT2D eigenvalue weighted by atomic mass is 9.89. The van der Waals surface area contributed by atoms with Crippen molar-refractivity contribution in [3.05, 3.63) is 29.8 Å². The van der Waals surface area contributed by atoms with Gasteiger partial charge in [0.05, 0.1) is 7.11 Å². The van der Waals surface area contributed by atoms with E-state index in [4.69, 9.17) is 9.47 Å². The molecule has 7 heteroatoms. The Kier molecular flexibility index (Phi) is 9.85. The monoisotopic (exact) mass is 488 g/mol. The molecular weight excluding hydrogens is 440 g/mol. The van der Waals surface area contributed by atoms with Crippen LogP contribution in [0, 0.1) is 5.92 Å². The van der Waals surface area contributed by atoms with Crippen LogP contribution in [0.4, 0.5) is 4.79 Å². The lowest BCUT2D eigenvalue weighted by molar-refractivity contribution is 0.0156. The second-order valence-electron chi connectivity index (χ2n) is 11.8. The third-order valence-electron chi connectivity index (χ3n) is 7.38. The Morgan fingerprint density at radius 2 is 1.74 bits per heavy atom. The van der Waals surface area contributed by atoms with Gasteiger partial charge in [-0.05, 0) is 104 Å². The van der Waals surface area contributed by atoms with Crippen LogP contribution in [0.1, 0.15) is 65.9 Å². The Labute approximate surface area is 212 Å². The van der Waals surface area contributed by atoms with Crippen molar-refractivity contribution in [2.45, 2.75) is 84.0 Å². The van der Waals surface area contributed by atoms with Gasteiger partial charge in [0.15, 0.2) is 0 Å². The predicted molar refractivity (Wildman–Crippen MR) is 142 cm³/mol. The van der Waals surface area contributed by atoms with Gasteiger partial charge in [0.2, 0.25) is 0 Å². The molecule has 0 bridgehead atoms. The molecule has 2 aliphatic heterocycles. The third kappa shape index (κ3) is 9.28. The number of carbonyl (C=O) groups excluding carboxylic acids is 1. The summed E-state index contributed by atoms with van der Waals surface area (Å²) in [5.41, 5.74) is 0.985. The first-order chi connectivity index (χ1) is 16.5. The number of likely N-dealkylation sites (tertiary alicyclic amines) is 2. The molecule has 1 unspecified atom stereocenters. The number of carbonyl (C=O) groups is 1. The second-order valence-corrected chi connectivity index (χ2v) is 11.8. The van der Waals surface area contributed by atoms with Crippen LogP contribution in [0.2, 0.25) is 0 Å². The highest BCUT2D eigenvalue weighted by Crippen LogP contribution is 2.24. The van der Waals surface area contributed by atoms with Crippen molar-refractivity contribution < 1.29 is 14.3 Å². The van der Waals surface area contributed by atoms with E-state index in [-0.39, 0.29) is 11.6 Å². The second kappa shape index (κ2) is 12.4. The third-order valence-corrected chi connectivity index (χ3v) is 7.38. The van der Waals surface area contributed by atoms with Crippen LogP contribution in [0.3, 0.4) is 0 Å². The van der Waals surface area contributed by atoms with Crippen LogP contribution < -0.4 is 15.4 Å². The zero-order chi connectivity index (χ0) is 25.5. The molecule has 1 atom stereocenters. The Morgan fingerprint density at radius 3 is 2.31 bits per heavy atom. The van der Waals surface area contributed by atoms with Crippen LogP contribution in [0.25, 0.3) is 0 Å². The fourth-order valence-electron chi connectivity index (χ4n) is 4.86. The Morgan fingerprint density at radius 1 is 1.11 bits per heavy atom. The summed E-state index contributed by atoms with van der Waals surface area (Å²) in [6.45, 7) is 17.2. The van der Waals surface area contributed by atoms with Gasteiger partial charge in [-0.15, -0.1) is 0 Å². The molecule has 35 heavy (non-hydrogen) atoms. The number of methoxy groups -OCH3 is 1. The van der Waals surface area contributed by atoms with E-state index in [1.165, 1.54) is 18.4 Å². The summed E-state index contributed by atoms with van der Waals surface area (Å²) in [6.07, 6.45) is 4.21. The van der Waals surface area contributed by atoms with Gasteiger partial charge in [-0.3, -0.25) is 4.90 Å². The highest BCUT2D eigenvalue weighted by atomic mass is 16.6. The van der Waals surface area contributed by atoms with E-state index in [0.717, 1.165) is 70.3 Å². The molecule has 1 amide bonds. The lowest BCUT2D eigenvalue weighted by Gasteiger charge is -2.41. The van der Waals surface area contributed by atoms with E-state index >= 15 is 0 Å². The van der Waals surface area contributed by atoms with Crippen LogP contribution in [0.5, 0.6) is 5.75 Å². The fraction of sp³-hybridized carbons (Fsp3) is 0.750. The van der Waals surface area contributed by atoms with Gasteiger partial charge >= 0.3 is 6.09 Å². The van der Waals surface area contributed by atoms with E-state index in [0.29, 0.717) is 6.04 Å². The summed E-state index contributed by atoms with van der Waals surface area (Å²) < 4.78 is 10.8. The van der Waals surface area contributed by atoms with Gasteiger partial charge < -0.3 is 25.0 Å². The molecule has 0 spiro atoms. The molecule has 0 radical (unpaired) electrons. The van der Waals surface area contributed by atoms with Crippen LogP contribution in [-0.2, 0) is 11.3 Å². The number of rotatable bonds is 9. The number of amides is 1. The molecule has 2 fully saturated rings. The van der Waals surface area contributed by atoms with E-state index in [9.17, 15) is 4.79 Å². The average molecular weight is 489 g/mol. The predicted octanol–water partition coefficient (Wildman–Crippen LogP) is 4.26. The molecular formula is C28H48N4O3. The van der Waals surface area contributed by atoms with Gasteiger partial charge in [0.25, 0.3) is 0 Å². The summed E-state index contributed by atoms with van der Waals surface area (Å²) in [5.74, 6) is 1.67. The number of nitrogens with zero attached hydrogens (tertiary/aromatic N) is 2. The number of piperidine rings is 2. The molecule has 2 aliphatic rings. The lowest BCUT2D eigenvalue weighted by Crippen LogP contribution is -2.55. The van der Waals surface area contributed by atoms with E-state index in [2.05, 4.69) is 41.5 Å². The van der Waals surface area contributed by atoms with Crippen molar-refractivity contribution in [3.63, 3.8) is 0 Å². The molecule has 1 aromatic rings. The number of ether oxygens (including phenoxy) is 2. The van der Waals surface area contributed by atoms with E-state index in [1.807, 2.05) is 37.8 Å². The van der Waals surface area contributed by atoms with Crippen LogP contribution >= 0.6 is 0 Å². The molecule has 2 heterocycles. The molecule has 198 valence electrons. The molecule has 3 rings (SSSR count). The zero-order valence-electron chi connectivity index (χ0n) is 22.9. The van der Waals surface area contributed by atoms with Gasteiger partial charge in [0, 0.05) is 37.8 Å². The maximum Gasteiger partial charge on any atom is 0.410 e. The van der Waals surface area contributed by atoms with Gasteiger partial charge in [0.1, 0.15) is 11.4 Å². The summed E-state index contributed by atoms with van der Waals surface area (Å²) >= 11 is 0. The number of benzene rings is 1. The number of hydrogen-bond acceptors (Lipinski definition) is 6. The molecule has 2 saturated heterocycles. The van der Waals surface area contributed by atoms with Gasteiger partial charge in [-0.25, -0.2) is 4.79 Å². The van der Waals surface area contributed by atoms with Crippen LogP contribution in [-0.4, -0.2) is 79.5 Å². The highest BCUT2D eigenvalue weighted by Gasteiger charge is 2.33. The first-order valence-corrected chi connectivity index (χ1v) is 13.4. The average Bonchev–Trinajstić information content (AvgIpc) is 2.82. The smallest absolute Gasteiger partial charge is 0.410 e. The molecule has 1 aromatic carbocycles. The number of hydrogen-bond donors (Lipinski definition) is 2. The summed E-state index contributed by atoms with van der Waals surface area (Å²) in [7, 11) is 1.71. The SMILES string of the molecule is COc1ccc(CN2CCC(CNC(C)CNC3(C)CCN(C(=O)OC(C)(C)C)CC3)CC2)cc1. The molecule has 0 aliphatic carbocycles. The number of nitrogens with one attached hydrogen (secondary N) is 2. The van der Waals surface area contributed by atoms with Gasteiger partial charge in [-0.1, -0.05) is 12.1 Å². The summed E-state index contributed by atoms with van der Waals surface area (Å²) in [5, 5.41) is 7.54. The standard InChI is InChI=1S/C28H48N4O3/c1-22(19-30-28(5)13-17-32(18-14-28)26(33)35-27(2,3)4)29-20-23-11-15-31(16-12-23)21-24-7-9-25(34-6)10-8-24/h7-10,22-23,29-30H,11-21H2,1-6H3.